The summed E-state index contributed by atoms with van der Waals surface area (Å²) in [5.41, 5.74) is 0.720. The maximum absolute atomic E-state index is 13.3. The van der Waals surface area contributed by atoms with E-state index in [2.05, 4.69) is 15.6 Å². The molecule has 0 atom stereocenters. The number of nitrogens with one attached hydrogen (secondary N) is 2. The highest BCUT2D eigenvalue weighted by Gasteiger charge is 2.11. The lowest BCUT2D eigenvalue weighted by molar-refractivity contribution is 0.563. The Morgan fingerprint density at radius 2 is 1.95 bits per heavy atom. The number of hydrogen-bond acceptors (Lipinski definition) is 2. The molecule has 0 radical (unpaired) electrons. The molecule has 1 aromatic carbocycles. The SMILES string of the molecule is Fc1ccc(NC(=S)NCc2cccnc2F)c(Cl)c1Cl. The minimum Gasteiger partial charge on any atom is -0.358 e. The van der Waals surface area contributed by atoms with Crippen molar-refractivity contribution in [3.63, 3.8) is 0 Å². The highest BCUT2D eigenvalue weighted by Crippen LogP contribution is 2.31. The van der Waals surface area contributed by atoms with Crippen LogP contribution in [0.4, 0.5) is 14.5 Å². The van der Waals surface area contributed by atoms with Gasteiger partial charge in [-0.25, -0.2) is 9.37 Å². The van der Waals surface area contributed by atoms with E-state index in [0.29, 0.717) is 11.3 Å². The minimum absolute atomic E-state index is 0.0216. The van der Waals surface area contributed by atoms with E-state index >= 15 is 0 Å². The molecule has 0 aliphatic carbocycles. The van der Waals surface area contributed by atoms with Gasteiger partial charge < -0.3 is 10.6 Å². The van der Waals surface area contributed by atoms with Gasteiger partial charge in [0.05, 0.1) is 15.7 Å². The zero-order valence-electron chi connectivity index (χ0n) is 10.5. The second-order valence-electron chi connectivity index (χ2n) is 3.98. The summed E-state index contributed by atoms with van der Waals surface area (Å²) in [6, 6.07) is 5.77. The van der Waals surface area contributed by atoms with Crippen LogP contribution in [0.1, 0.15) is 5.56 Å². The fourth-order valence-corrected chi connectivity index (χ4v) is 2.06. The molecule has 0 aliphatic rings. The predicted octanol–water partition coefficient (Wildman–Crippen LogP) is 4.15. The third-order valence-corrected chi connectivity index (χ3v) is 3.66. The van der Waals surface area contributed by atoms with Crippen LogP contribution in [0.2, 0.25) is 10.0 Å². The summed E-state index contributed by atoms with van der Waals surface area (Å²) in [5.74, 6) is -1.20. The van der Waals surface area contributed by atoms with Crippen molar-refractivity contribution in [2.24, 2.45) is 0 Å². The second-order valence-corrected chi connectivity index (χ2v) is 5.15. The standard InChI is InChI=1S/C13H9Cl2F2N3S/c14-10-8(16)3-4-9(11(10)15)20-13(21)19-6-7-2-1-5-18-12(7)17/h1-5H,6H2,(H2,19,20,21). The minimum atomic E-state index is -0.622. The van der Waals surface area contributed by atoms with E-state index in [-0.39, 0.29) is 21.7 Å². The summed E-state index contributed by atoms with van der Waals surface area (Å²) in [6.45, 7) is 0.151. The Hall–Kier alpha value is -1.50. The molecule has 2 N–H and O–H groups in total. The number of thiocarbonyl (C=S) groups is 1. The van der Waals surface area contributed by atoms with Gasteiger partial charge in [-0.15, -0.1) is 0 Å². The molecule has 1 aromatic heterocycles. The number of nitrogens with zero attached hydrogens (tertiary/aromatic N) is 1. The summed E-state index contributed by atoms with van der Waals surface area (Å²) in [6.07, 6.45) is 1.36. The Labute approximate surface area is 135 Å². The average molecular weight is 348 g/mol. The smallest absolute Gasteiger partial charge is 0.217 e. The van der Waals surface area contributed by atoms with Gasteiger partial charge in [-0.05, 0) is 30.4 Å². The van der Waals surface area contributed by atoms with Crippen molar-refractivity contribution >= 4 is 46.2 Å². The zero-order chi connectivity index (χ0) is 15.4. The fraction of sp³-hybridized carbons (Fsp3) is 0.0769. The molecule has 3 nitrogen and oxygen atoms in total. The first-order chi connectivity index (χ1) is 9.99. The van der Waals surface area contributed by atoms with E-state index in [4.69, 9.17) is 35.4 Å². The lowest BCUT2D eigenvalue weighted by atomic mass is 10.3. The van der Waals surface area contributed by atoms with Gasteiger partial charge in [0, 0.05) is 18.3 Å². The molecule has 2 rings (SSSR count). The van der Waals surface area contributed by atoms with Gasteiger partial charge in [-0.3, -0.25) is 0 Å². The summed E-state index contributed by atoms with van der Waals surface area (Å²) in [7, 11) is 0. The molecule has 0 saturated carbocycles. The molecule has 1 heterocycles. The summed E-state index contributed by atoms with van der Waals surface area (Å²) >= 11 is 16.6. The molecular formula is C13H9Cl2F2N3S. The van der Waals surface area contributed by atoms with Gasteiger partial charge >= 0.3 is 0 Å². The highest BCUT2D eigenvalue weighted by atomic mass is 35.5. The van der Waals surface area contributed by atoms with E-state index in [1.165, 1.54) is 18.3 Å². The van der Waals surface area contributed by atoms with E-state index in [0.717, 1.165) is 0 Å². The summed E-state index contributed by atoms with van der Waals surface area (Å²) < 4.78 is 26.5. The largest absolute Gasteiger partial charge is 0.358 e. The third kappa shape index (κ3) is 4.00. The number of halogens is 4. The average Bonchev–Trinajstić information content (AvgIpc) is 2.47. The van der Waals surface area contributed by atoms with E-state index < -0.39 is 11.8 Å². The zero-order valence-corrected chi connectivity index (χ0v) is 12.8. The van der Waals surface area contributed by atoms with Crippen LogP contribution < -0.4 is 10.6 Å². The topological polar surface area (TPSA) is 37.0 Å². The first-order valence-corrected chi connectivity index (χ1v) is 6.93. The molecule has 21 heavy (non-hydrogen) atoms. The fourth-order valence-electron chi connectivity index (χ4n) is 1.52. The maximum atomic E-state index is 13.3. The highest BCUT2D eigenvalue weighted by molar-refractivity contribution is 7.80. The van der Waals surface area contributed by atoms with Crippen molar-refractivity contribution in [2.75, 3.05) is 5.32 Å². The van der Waals surface area contributed by atoms with Gasteiger partial charge in [-0.1, -0.05) is 29.3 Å². The van der Waals surface area contributed by atoms with Crippen LogP contribution in [-0.2, 0) is 6.54 Å². The van der Waals surface area contributed by atoms with Gasteiger partial charge in [0.15, 0.2) is 5.11 Å². The van der Waals surface area contributed by atoms with Crippen LogP contribution in [0.3, 0.4) is 0 Å². The van der Waals surface area contributed by atoms with Crippen LogP contribution in [0.5, 0.6) is 0 Å². The molecule has 2 aromatic rings. The molecular weight excluding hydrogens is 339 g/mol. The van der Waals surface area contributed by atoms with E-state index in [9.17, 15) is 8.78 Å². The lowest BCUT2D eigenvalue weighted by Gasteiger charge is -2.12. The molecule has 0 amide bonds. The molecule has 0 spiro atoms. The van der Waals surface area contributed by atoms with Gasteiger partial charge in [0.2, 0.25) is 5.95 Å². The van der Waals surface area contributed by atoms with Gasteiger partial charge in [-0.2, -0.15) is 4.39 Å². The summed E-state index contributed by atoms with van der Waals surface area (Å²) in [4.78, 5) is 3.53. The van der Waals surface area contributed by atoms with Gasteiger partial charge in [0.1, 0.15) is 5.82 Å². The first kappa shape index (κ1) is 15.9. The van der Waals surface area contributed by atoms with Crippen LogP contribution >= 0.6 is 35.4 Å². The second kappa shape index (κ2) is 6.98. The molecule has 110 valence electrons. The Morgan fingerprint density at radius 1 is 1.19 bits per heavy atom. The lowest BCUT2D eigenvalue weighted by Crippen LogP contribution is -2.28. The van der Waals surface area contributed by atoms with Crippen molar-refractivity contribution in [1.82, 2.24) is 10.3 Å². The number of anilines is 1. The number of benzene rings is 1. The Kier molecular flexibility index (Phi) is 5.27. The molecule has 0 aliphatic heterocycles. The molecule has 0 bridgehead atoms. The Bertz CT molecular complexity index is 682. The van der Waals surface area contributed by atoms with Crippen molar-refractivity contribution in [3.05, 3.63) is 57.8 Å². The number of rotatable bonds is 3. The number of aromatic nitrogens is 1. The van der Waals surface area contributed by atoms with Crippen LogP contribution in [0.15, 0.2) is 30.5 Å². The Morgan fingerprint density at radius 3 is 2.67 bits per heavy atom. The van der Waals surface area contributed by atoms with E-state index in [1.54, 1.807) is 12.1 Å². The van der Waals surface area contributed by atoms with Crippen molar-refractivity contribution in [3.8, 4) is 0 Å². The maximum Gasteiger partial charge on any atom is 0.217 e. The van der Waals surface area contributed by atoms with Crippen molar-refractivity contribution in [2.45, 2.75) is 6.54 Å². The monoisotopic (exact) mass is 347 g/mol. The molecule has 0 unspecified atom stereocenters. The first-order valence-electron chi connectivity index (χ1n) is 5.76. The van der Waals surface area contributed by atoms with Crippen LogP contribution in [0, 0.1) is 11.8 Å². The van der Waals surface area contributed by atoms with Crippen molar-refractivity contribution < 1.29 is 8.78 Å². The van der Waals surface area contributed by atoms with Gasteiger partial charge in [0.25, 0.3) is 0 Å². The molecule has 0 fully saturated rings. The predicted molar refractivity (Wildman–Crippen MR) is 83.7 cm³/mol. The van der Waals surface area contributed by atoms with Crippen LogP contribution in [-0.4, -0.2) is 10.1 Å². The van der Waals surface area contributed by atoms with E-state index in [1.807, 2.05) is 0 Å². The normalized spacial score (nSPS) is 10.3. The molecule has 0 saturated heterocycles. The molecule has 8 heteroatoms. The Balaban J connectivity index is 2.00. The van der Waals surface area contributed by atoms with Crippen LogP contribution in [0.25, 0.3) is 0 Å². The third-order valence-electron chi connectivity index (χ3n) is 2.56. The van der Waals surface area contributed by atoms with Crippen molar-refractivity contribution in [1.29, 1.82) is 0 Å². The quantitative estimate of drug-likeness (QED) is 0.496. The number of pyridine rings is 1. The summed E-state index contributed by atoms with van der Waals surface area (Å²) in [5, 5.41) is 5.58. The number of hydrogen-bond donors (Lipinski definition) is 2.